The lowest BCUT2D eigenvalue weighted by atomic mass is 9.83. The lowest BCUT2D eigenvalue weighted by Crippen LogP contribution is -2.49. The molecule has 0 spiro atoms. The molecule has 1 aromatic carbocycles. The molecule has 1 aliphatic carbocycles. The van der Waals surface area contributed by atoms with Gasteiger partial charge in [0.25, 0.3) is 0 Å². The summed E-state index contributed by atoms with van der Waals surface area (Å²) in [6.45, 7) is 5.31. The van der Waals surface area contributed by atoms with Gasteiger partial charge in [-0.25, -0.2) is 9.78 Å². The van der Waals surface area contributed by atoms with Gasteiger partial charge < -0.3 is 20.5 Å². The van der Waals surface area contributed by atoms with E-state index >= 15 is 0 Å². The van der Waals surface area contributed by atoms with Gasteiger partial charge in [0.15, 0.2) is 0 Å². The number of aromatic nitrogens is 1. The molecule has 1 fully saturated rings. The van der Waals surface area contributed by atoms with Gasteiger partial charge in [-0.15, -0.1) is 0 Å². The van der Waals surface area contributed by atoms with Gasteiger partial charge >= 0.3 is 6.09 Å². The van der Waals surface area contributed by atoms with Gasteiger partial charge in [-0.3, -0.25) is 4.79 Å². The van der Waals surface area contributed by atoms with Crippen LogP contribution in [0.5, 0.6) is 0 Å². The number of carbonyl (C=O) groups excluding carboxylic acids is 2. The maximum Gasteiger partial charge on any atom is 0.407 e. The van der Waals surface area contributed by atoms with E-state index < -0.39 is 29.8 Å². The Morgan fingerprint density at radius 2 is 2.00 bits per heavy atom. The van der Waals surface area contributed by atoms with Crippen molar-refractivity contribution in [3.05, 3.63) is 36.0 Å². The Balaban J connectivity index is 1.64. The summed E-state index contributed by atoms with van der Waals surface area (Å²) in [7, 11) is 0. The molecular weight excluding hydrogens is 384 g/mol. The van der Waals surface area contributed by atoms with Crippen molar-refractivity contribution in [2.75, 3.05) is 5.32 Å². The highest BCUT2D eigenvalue weighted by Gasteiger charge is 2.34. The minimum atomic E-state index is -0.849. The molecule has 30 heavy (non-hydrogen) atoms. The Bertz CT molecular complexity index is 993. The van der Waals surface area contributed by atoms with E-state index in [1.807, 2.05) is 18.2 Å². The minimum absolute atomic E-state index is 0.221. The maximum absolute atomic E-state index is 12.8. The lowest BCUT2D eigenvalue weighted by Gasteiger charge is -2.33. The zero-order valence-corrected chi connectivity index (χ0v) is 17.3. The van der Waals surface area contributed by atoms with Crippen molar-refractivity contribution in [2.24, 2.45) is 5.92 Å². The van der Waals surface area contributed by atoms with Crippen LogP contribution in [0.1, 0.15) is 45.7 Å². The lowest BCUT2D eigenvalue weighted by molar-refractivity contribution is -0.122. The van der Waals surface area contributed by atoms with Crippen LogP contribution in [0, 0.1) is 17.2 Å². The van der Waals surface area contributed by atoms with E-state index in [-0.39, 0.29) is 18.0 Å². The Morgan fingerprint density at radius 1 is 1.23 bits per heavy atom. The number of benzene rings is 1. The third kappa shape index (κ3) is 5.24. The molecule has 1 saturated carbocycles. The normalized spacial score (nSPS) is 21.5. The molecule has 0 bridgehead atoms. The Kier molecular flexibility index (Phi) is 6.22. The number of hydrogen-bond donors (Lipinski definition) is 3. The van der Waals surface area contributed by atoms with Gasteiger partial charge in [-0.1, -0.05) is 12.1 Å². The number of carbonyl (C=O) groups is 2. The Morgan fingerprint density at radius 3 is 2.67 bits per heavy atom. The van der Waals surface area contributed by atoms with Crippen LogP contribution in [-0.2, 0) is 9.53 Å². The number of alkyl carbamates (subject to hydrolysis) is 1. The molecule has 1 aromatic heterocycles. The number of fused-ring (bicyclic) bond motifs is 1. The molecule has 0 aliphatic heterocycles. The van der Waals surface area contributed by atoms with Gasteiger partial charge in [0.2, 0.25) is 5.91 Å². The second kappa shape index (κ2) is 8.67. The third-order valence-electron chi connectivity index (χ3n) is 4.98. The molecule has 158 valence electrons. The van der Waals surface area contributed by atoms with E-state index in [1.165, 1.54) is 0 Å². The fourth-order valence-electron chi connectivity index (χ4n) is 3.56. The fourth-order valence-corrected chi connectivity index (χ4v) is 3.56. The van der Waals surface area contributed by atoms with Gasteiger partial charge in [0.1, 0.15) is 17.4 Å². The third-order valence-corrected chi connectivity index (χ3v) is 4.98. The van der Waals surface area contributed by atoms with E-state index in [1.54, 1.807) is 39.0 Å². The highest BCUT2D eigenvalue weighted by atomic mass is 16.6. The van der Waals surface area contributed by atoms with Crippen LogP contribution >= 0.6 is 0 Å². The van der Waals surface area contributed by atoms with Gasteiger partial charge in [0, 0.05) is 11.3 Å². The molecule has 0 radical (unpaired) electrons. The first-order chi connectivity index (χ1) is 14.2. The number of aliphatic hydroxyl groups excluding tert-OH is 1. The van der Waals surface area contributed by atoms with E-state index in [4.69, 9.17) is 10.00 Å². The van der Waals surface area contributed by atoms with Crippen LogP contribution in [0.4, 0.5) is 10.5 Å². The predicted octanol–water partition coefficient (Wildman–Crippen LogP) is 3.10. The number of ether oxygens (including phenoxy) is 1. The summed E-state index contributed by atoms with van der Waals surface area (Å²) >= 11 is 0. The number of rotatable bonds is 3. The molecule has 1 heterocycles. The zero-order chi connectivity index (χ0) is 21.9. The fraction of sp³-hybridized carbons (Fsp3) is 0.455. The molecule has 3 atom stereocenters. The van der Waals surface area contributed by atoms with E-state index in [0.717, 1.165) is 5.39 Å². The molecule has 1 aliphatic rings. The Labute approximate surface area is 175 Å². The number of pyridine rings is 1. The second-order valence-corrected chi connectivity index (χ2v) is 8.50. The number of nitrogens with one attached hydrogen (secondary N) is 2. The number of nitrogens with zero attached hydrogens (tertiary/aromatic N) is 2. The number of hydrogen-bond acceptors (Lipinski definition) is 6. The summed E-state index contributed by atoms with van der Waals surface area (Å²) in [6, 6.07) is 10.4. The number of para-hydroxylation sites is 1. The van der Waals surface area contributed by atoms with Crippen molar-refractivity contribution in [3.8, 4) is 6.07 Å². The number of anilines is 1. The van der Waals surface area contributed by atoms with Crippen LogP contribution in [0.15, 0.2) is 30.3 Å². The highest BCUT2D eigenvalue weighted by molar-refractivity contribution is 6.01. The van der Waals surface area contributed by atoms with Gasteiger partial charge in [-0.05, 0) is 58.2 Å². The summed E-state index contributed by atoms with van der Waals surface area (Å²) in [5.74, 6) is -0.618. The maximum atomic E-state index is 12.8. The van der Waals surface area contributed by atoms with Crippen LogP contribution in [-0.4, -0.2) is 39.8 Å². The molecule has 0 unspecified atom stereocenters. The SMILES string of the molecule is CC(C)(C)OC(=O)N[C@@H]1CC[C@@H](C(=O)Nc2cccc3ccc(C#N)nc23)C[C@H]1O. The zero-order valence-electron chi connectivity index (χ0n) is 17.3. The first kappa shape index (κ1) is 21.5. The summed E-state index contributed by atoms with van der Waals surface area (Å²) in [4.78, 5) is 29.0. The molecule has 0 saturated heterocycles. The number of amides is 2. The molecule has 3 N–H and O–H groups in total. The van der Waals surface area contributed by atoms with Crippen LogP contribution in [0.25, 0.3) is 10.9 Å². The molecule has 8 heteroatoms. The van der Waals surface area contributed by atoms with E-state index in [0.29, 0.717) is 24.0 Å². The van der Waals surface area contributed by atoms with Crippen molar-refractivity contribution in [3.63, 3.8) is 0 Å². The van der Waals surface area contributed by atoms with Gasteiger partial charge in [0.05, 0.1) is 23.3 Å². The smallest absolute Gasteiger partial charge is 0.407 e. The summed E-state index contributed by atoms with van der Waals surface area (Å²) in [5, 5.41) is 25.9. The van der Waals surface area contributed by atoms with E-state index in [2.05, 4.69) is 15.6 Å². The quantitative estimate of drug-likeness (QED) is 0.714. The molecule has 2 amide bonds. The minimum Gasteiger partial charge on any atom is -0.444 e. The molecule has 3 rings (SSSR count). The second-order valence-electron chi connectivity index (χ2n) is 8.50. The van der Waals surface area contributed by atoms with Crippen LogP contribution in [0.3, 0.4) is 0 Å². The molecular formula is C22H26N4O4. The first-order valence-corrected chi connectivity index (χ1v) is 9.94. The standard InChI is InChI=1S/C22H26N4O4/c1-22(2,3)30-21(29)26-16-10-8-14(11-18(16)27)20(28)25-17-6-4-5-13-7-9-15(12-23)24-19(13)17/h4-7,9,14,16,18,27H,8,10-11H2,1-3H3,(H,25,28)(H,26,29)/t14-,16-,18-/m1/s1. The largest absolute Gasteiger partial charge is 0.444 e. The van der Waals surface area contributed by atoms with Crippen molar-refractivity contribution in [1.82, 2.24) is 10.3 Å². The average molecular weight is 410 g/mol. The van der Waals surface area contributed by atoms with Crippen molar-refractivity contribution in [1.29, 1.82) is 5.26 Å². The highest BCUT2D eigenvalue weighted by Crippen LogP contribution is 2.28. The monoisotopic (exact) mass is 410 g/mol. The van der Waals surface area contributed by atoms with Crippen molar-refractivity contribution >= 4 is 28.6 Å². The number of nitriles is 1. The van der Waals surface area contributed by atoms with Crippen LogP contribution < -0.4 is 10.6 Å². The van der Waals surface area contributed by atoms with Crippen molar-refractivity contribution < 1.29 is 19.4 Å². The Hall–Kier alpha value is -3.18. The van der Waals surface area contributed by atoms with Crippen molar-refractivity contribution in [2.45, 2.75) is 57.8 Å². The molecule has 8 nitrogen and oxygen atoms in total. The number of aliphatic hydroxyl groups is 1. The predicted molar refractivity (Wildman–Crippen MR) is 112 cm³/mol. The molecule has 2 aromatic rings. The first-order valence-electron chi connectivity index (χ1n) is 9.94. The summed E-state index contributed by atoms with van der Waals surface area (Å²) in [6.07, 6.45) is -0.216. The van der Waals surface area contributed by atoms with E-state index in [9.17, 15) is 14.7 Å². The summed E-state index contributed by atoms with van der Waals surface area (Å²) in [5.41, 5.74) is 0.724. The average Bonchev–Trinajstić information content (AvgIpc) is 2.68. The topological polar surface area (TPSA) is 124 Å². The van der Waals surface area contributed by atoms with Crippen LogP contribution in [0.2, 0.25) is 0 Å². The summed E-state index contributed by atoms with van der Waals surface area (Å²) < 4.78 is 5.23. The van der Waals surface area contributed by atoms with Gasteiger partial charge in [-0.2, -0.15) is 5.26 Å².